The number of hydrogen-bond donors (Lipinski definition) is 0. The van der Waals surface area contributed by atoms with Gasteiger partial charge >= 0.3 is 0 Å². The first-order valence-electron chi connectivity index (χ1n) is 6.58. The highest BCUT2D eigenvalue weighted by atomic mass is 79.9. The van der Waals surface area contributed by atoms with Gasteiger partial charge in [0, 0.05) is 4.47 Å². The average Bonchev–Trinajstić information content (AvgIpc) is 2.52. The summed E-state index contributed by atoms with van der Waals surface area (Å²) in [4.78, 5) is 0. The molecule has 0 nitrogen and oxygen atoms in total. The molecular formula is C19H14Br. The molecule has 97 valence electrons. The zero-order valence-corrected chi connectivity index (χ0v) is 12.5. The third-order valence-corrected chi connectivity index (χ3v) is 3.79. The molecule has 1 heteroatoms. The Hall–Kier alpha value is -1.86. The Bertz CT molecular complexity index is 618. The van der Waals surface area contributed by atoms with E-state index in [4.69, 9.17) is 0 Å². The van der Waals surface area contributed by atoms with E-state index in [0.717, 1.165) is 4.47 Å². The lowest BCUT2D eigenvalue weighted by Gasteiger charge is -2.18. The first kappa shape index (κ1) is 13.1. The van der Waals surface area contributed by atoms with E-state index >= 15 is 0 Å². The quantitative estimate of drug-likeness (QED) is 0.561. The molecule has 0 saturated heterocycles. The van der Waals surface area contributed by atoms with Crippen LogP contribution in [-0.2, 0) is 0 Å². The third kappa shape index (κ3) is 2.83. The van der Waals surface area contributed by atoms with Gasteiger partial charge in [-0.25, -0.2) is 0 Å². The van der Waals surface area contributed by atoms with Crippen LogP contribution in [0, 0.1) is 5.92 Å². The van der Waals surface area contributed by atoms with Crippen LogP contribution in [0.2, 0.25) is 0 Å². The van der Waals surface area contributed by atoms with Crippen LogP contribution in [0.25, 0.3) is 0 Å². The second-order valence-corrected chi connectivity index (χ2v) is 5.53. The average molecular weight is 322 g/mol. The van der Waals surface area contributed by atoms with E-state index in [0.29, 0.717) is 0 Å². The lowest BCUT2D eigenvalue weighted by atomic mass is 9.85. The number of rotatable bonds is 3. The molecule has 20 heavy (non-hydrogen) atoms. The van der Waals surface area contributed by atoms with Gasteiger partial charge in [-0.3, -0.25) is 0 Å². The maximum absolute atomic E-state index is 3.50. The van der Waals surface area contributed by atoms with Crippen LogP contribution >= 0.6 is 15.9 Å². The Morgan fingerprint density at radius 3 is 1.35 bits per heavy atom. The summed E-state index contributed by atoms with van der Waals surface area (Å²) in [5.74, 6) is 1.26. The molecule has 0 spiro atoms. The summed E-state index contributed by atoms with van der Waals surface area (Å²) in [6, 6.07) is 29.5. The monoisotopic (exact) mass is 321 g/mol. The van der Waals surface area contributed by atoms with Gasteiger partial charge in [0.15, 0.2) is 0 Å². The Morgan fingerprint density at radius 2 is 0.900 bits per heavy atom. The van der Waals surface area contributed by atoms with Crippen LogP contribution in [0.5, 0.6) is 0 Å². The van der Waals surface area contributed by atoms with Gasteiger partial charge in [-0.2, -0.15) is 0 Å². The molecule has 0 aliphatic carbocycles. The molecule has 0 aromatic heterocycles. The summed E-state index contributed by atoms with van der Waals surface area (Å²) in [5, 5.41) is 0. The molecule has 0 heterocycles. The molecular weight excluding hydrogens is 308 g/mol. The van der Waals surface area contributed by atoms with Crippen LogP contribution in [0.4, 0.5) is 0 Å². The molecule has 0 N–H and O–H groups in total. The van der Waals surface area contributed by atoms with Crippen molar-refractivity contribution >= 4 is 15.9 Å². The second-order valence-electron chi connectivity index (χ2n) is 4.61. The highest BCUT2D eigenvalue weighted by Gasteiger charge is 2.16. The molecule has 3 aromatic rings. The zero-order chi connectivity index (χ0) is 13.8. The summed E-state index contributed by atoms with van der Waals surface area (Å²) in [7, 11) is 0. The van der Waals surface area contributed by atoms with Gasteiger partial charge < -0.3 is 0 Å². The van der Waals surface area contributed by atoms with E-state index in [2.05, 4.69) is 88.7 Å². The van der Waals surface area contributed by atoms with Crippen LogP contribution in [-0.4, -0.2) is 0 Å². The molecule has 0 aliphatic heterocycles. The van der Waals surface area contributed by atoms with Crippen molar-refractivity contribution in [3.8, 4) is 0 Å². The molecule has 3 rings (SSSR count). The number of halogens is 1. The van der Waals surface area contributed by atoms with Crippen LogP contribution < -0.4 is 0 Å². The van der Waals surface area contributed by atoms with Crippen molar-refractivity contribution in [2.24, 2.45) is 0 Å². The minimum absolute atomic E-state index is 1.10. The molecule has 3 aromatic carbocycles. The molecule has 0 bridgehead atoms. The molecule has 0 saturated carbocycles. The Balaban J connectivity index is 2.11. The fraction of sp³-hybridized carbons (Fsp3) is 0. The normalized spacial score (nSPS) is 10.7. The second kappa shape index (κ2) is 6.06. The predicted molar refractivity (Wildman–Crippen MR) is 87.6 cm³/mol. The summed E-state index contributed by atoms with van der Waals surface area (Å²) >= 11 is 3.50. The highest BCUT2D eigenvalue weighted by molar-refractivity contribution is 9.10. The van der Waals surface area contributed by atoms with Crippen molar-refractivity contribution in [2.75, 3.05) is 0 Å². The van der Waals surface area contributed by atoms with Crippen molar-refractivity contribution < 1.29 is 0 Å². The first-order chi connectivity index (χ1) is 9.84. The van der Waals surface area contributed by atoms with Crippen LogP contribution in [0.3, 0.4) is 0 Å². The number of hydrogen-bond acceptors (Lipinski definition) is 0. The van der Waals surface area contributed by atoms with Crippen molar-refractivity contribution in [1.29, 1.82) is 0 Å². The molecule has 1 radical (unpaired) electrons. The molecule has 0 aliphatic rings. The Morgan fingerprint density at radius 1 is 0.500 bits per heavy atom. The smallest absolute Gasteiger partial charge is 0.0622 e. The molecule has 0 amide bonds. The topological polar surface area (TPSA) is 0 Å². The lowest BCUT2D eigenvalue weighted by Crippen LogP contribution is -2.03. The van der Waals surface area contributed by atoms with Crippen LogP contribution in [0.15, 0.2) is 89.4 Å². The van der Waals surface area contributed by atoms with Gasteiger partial charge in [0.05, 0.1) is 5.92 Å². The third-order valence-electron chi connectivity index (χ3n) is 3.26. The first-order valence-corrected chi connectivity index (χ1v) is 7.37. The largest absolute Gasteiger partial charge is 0.0629 e. The van der Waals surface area contributed by atoms with Crippen LogP contribution in [0.1, 0.15) is 16.7 Å². The van der Waals surface area contributed by atoms with Gasteiger partial charge in [0.1, 0.15) is 0 Å². The fourth-order valence-corrected chi connectivity index (χ4v) is 2.59. The predicted octanol–water partition coefficient (Wildman–Crippen LogP) is 5.47. The van der Waals surface area contributed by atoms with E-state index in [9.17, 15) is 0 Å². The molecule has 0 atom stereocenters. The van der Waals surface area contributed by atoms with Gasteiger partial charge in [0.2, 0.25) is 0 Å². The van der Waals surface area contributed by atoms with Crippen molar-refractivity contribution in [1.82, 2.24) is 0 Å². The summed E-state index contributed by atoms with van der Waals surface area (Å²) in [6.45, 7) is 0. The molecule has 0 unspecified atom stereocenters. The maximum atomic E-state index is 3.50. The Kier molecular flexibility index (Phi) is 3.98. The Labute approximate surface area is 128 Å². The maximum Gasteiger partial charge on any atom is 0.0629 e. The van der Waals surface area contributed by atoms with Gasteiger partial charge in [-0.1, -0.05) is 88.7 Å². The fourth-order valence-electron chi connectivity index (χ4n) is 2.33. The lowest BCUT2D eigenvalue weighted by molar-refractivity contribution is 1.23. The van der Waals surface area contributed by atoms with Gasteiger partial charge in [-0.15, -0.1) is 0 Å². The number of benzene rings is 3. The van der Waals surface area contributed by atoms with E-state index in [1.807, 2.05) is 12.1 Å². The van der Waals surface area contributed by atoms with Crippen molar-refractivity contribution in [3.05, 3.63) is 112 Å². The van der Waals surface area contributed by atoms with Crippen molar-refractivity contribution in [3.63, 3.8) is 0 Å². The SMILES string of the molecule is Brc1ccc([C](c2ccccc2)c2ccccc2)cc1. The zero-order valence-electron chi connectivity index (χ0n) is 11.0. The summed E-state index contributed by atoms with van der Waals surface area (Å²) in [5.41, 5.74) is 3.70. The van der Waals surface area contributed by atoms with E-state index in [1.165, 1.54) is 22.6 Å². The van der Waals surface area contributed by atoms with E-state index in [-0.39, 0.29) is 0 Å². The van der Waals surface area contributed by atoms with Gasteiger partial charge in [-0.05, 0) is 28.8 Å². The standard InChI is InChI=1S/C19H14Br/c20-18-13-11-17(12-14-18)19(15-7-3-1-4-8-15)16-9-5-2-6-10-16/h1-14H. The van der Waals surface area contributed by atoms with Gasteiger partial charge in [0.25, 0.3) is 0 Å². The minimum atomic E-state index is 1.10. The molecule has 0 fully saturated rings. The minimum Gasteiger partial charge on any atom is -0.0622 e. The summed E-state index contributed by atoms with van der Waals surface area (Å²) < 4.78 is 1.10. The van der Waals surface area contributed by atoms with E-state index in [1.54, 1.807) is 0 Å². The highest BCUT2D eigenvalue weighted by Crippen LogP contribution is 2.31. The van der Waals surface area contributed by atoms with E-state index < -0.39 is 0 Å². The van der Waals surface area contributed by atoms with Crippen molar-refractivity contribution in [2.45, 2.75) is 0 Å². The summed E-state index contributed by atoms with van der Waals surface area (Å²) in [6.07, 6.45) is 0.